The van der Waals surface area contributed by atoms with Crippen molar-refractivity contribution in [2.24, 2.45) is 0 Å². The van der Waals surface area contributed by atoms with Crippen LogP contribution in [0.3, 0.4) is 0 Å². The SMILES string of the molecule is O=C(NC(=S)Nc1ccc(N2CCN(Cc3ccccc3F)CC2)cc1)c1ccc(-c2ccc(Cl)cc2Cl)o1. The van der Waals surface area contributed by atoms with E-state index in [1.165, 1.54) is 6.07 Å². The van der Waals surface area contributed by atoms with E-state index in [9.17, 15) is 9.18 Å². The zero-order valence-corrected chi connectivity index (χ0v) is 23.1. The Kier molecular flexibility index (Phi) is 8.47. The molecule has 0 aliphatic carbocycles. The molecule has 0 bridgehead atoms. The molecule has 4 aromatic rings. The summed E-state index contributed by atoms with van der Waals surface area (Å²) in [5.41, 5.74) is 3.19. The van der Waals surface area contributed by atoms with Crippen molar-refractivity contribution in [2.75, 3.05) is 36.4 Å². The van der Waals surface area contributed by atoms with Crippen molar-refractivity contribution < 1.29 is 13.6 Å². The first-order valence-electron chi connectivity index (χ1n) is 12.3. The molecule has 0 atom stereocenters. The summed E-state index contributed by atoms with van der Waals surface area (Å²) in [6.07, 6.45) is 0. The van der Waals surface area contributed by atoms with E-state index in [4.69, 9.17) is 39.8 Å². The fraction of sp³-hybridized carbons (Fsp3) is 0.172. The molecule has 1 amide bonds. The third-order valence-corrected chi connectivity index (χ3v) is 7.22. The fourth-order valence-electron chi connectivity index (χ4n) is 4.41. The molecule has 0 saturated carbocycles. The average molecular weight is 584 g/mol. The van der Waals surface area contributed by atoms with Crippen LogP contribution in [0.15, 0.2) is 83.3 Å². The van der Waals surface area contributed by atoms with E-state index >= 15 is 0 Å². The zero-order chi connectivity index (χ0) is 27.4. The summed E-state index contributed by atoms with van der Waals surface area (Å²) in [6.45, 7) is 4.01. The Labute approximate surface area is 241 Å². The molecule has 1 saturated heterocycles. The molecule has 1 aliphatic rings. The van der Waals surface area contributed by atoms with Crippen molar-refractivity contribution in [3.63, 3.8) is 0 Å². The number of carbonyl (C=O) groups is 1. The number of anilines is 2. The number of carbonyl (C=O) groups excluding carboxylic acids is 1. The molecule has 10 heteroatoms. The Balaban J connectivity index is 1.11. The number of thiocarbonyl (C=S) groups is 1. The maximum absolute atomic E-state index is 14.0. The number of amides is 1. The average Bonchev–Trinajstić information content (AvgIpc) is 3.41. The summed E-state index contributed by atoms with van der Waals surface area (Å²) >= 11 is 17.5. The van der Waals surface area contributed by atoms with Gasteiger partial charge in [-0.15, -0.1) is 0 Å². The summed E-state index contributed by atoms with van der Waals surface area (Å²) in [5, 5.41) is 6.74. The van der Waals surface area contributed by atoms with Gasteiger partial charge < -0.3 is 14.6 Å². The molecule has 200 valence electrons. The highest BCUT2D eigenvalue weighted by Crippen LogP contribution is 2.31. The molecule has 3 aromatic carbocycles. The number of rotatable bonds is 6. The van der Waals surface area contributed by atoms with Crippen LogP contribution >= 0.6 is 35.4 Å². The van der Waals surface area contributed by atoms with Crippen molar-refractivity contribution in [1.29, 1.82) is 0 Å². The van der Waals surface area contributed by atoms with Gasteiger partial charge in [0.2, 0.25) is 0 Å². The minimum absolute atomic E-state index is 0.102. The molecule has 1 aliphatic heterocycles. The van der Waals surface area contributed by atoms with Gasteiger partial charge >= 0.3 is 0 Å². The van der Waals surface area contributed by atoms with E-state index < -0.39 is 5.91 Å². The lowest BCUT2D eigenvalue weighted by molar-refractivity contribution is 0.0951. The topological polar surface area (TPSA) is 60.8 Å². The van der Waals surface area contributed by atoms with Gasteiger partial charge in [-0.3, -0.25) is 15.0 Å². The lowest BCUT2D eigenvalue weighted by atomic mass is 10.1. The van der Waals surface area contributed by atoms with Crippen LogP contribution in [0.5, 0.6) is 0 Å². The van der Waals surface area contributed by atoms with Crippen molar-refractivity contribution in [1.82, 2.24) is 10.2 Å². The van der Waals surface area contributed by atoms with Gasteiger partial charge in [-0.2, -0.15) is 0 Å². The molecule has 0 unspecified atom stereocenters. The largest absolute Gasteiger partial charge is 0.451 e. The Morgan fingerprint density at radius 3 is 2.41 bits per heavy atom. The van der Waals surface area contributed by atoms with Crippen LogP contribution in [-0.2, 0) is 6.54 Å². The van der Waals surface area contributed by atoms with E-state index in [-0.39, 0.29) is 16.7 Å². The second-order valence-corrected chi connectivity index (χ2v) is 10.3. The number of piperazine rings is 1. The van der Waals surface area contributed by atoms with E-state index in [2.05, 4.69) is 20.4 Å². The molecule has 39 heavy (non-hydrogen) atoms. The van der Waals surface area contributed by atoms with Crippen LogP contribution in [0.4, 0.5) is 15.8 Å². The van der Waals surface area contributed by atoms with Gasteiger partial charge in [0, 0.05) is 60.2 Å². The van der Waals surface area contributed by atoms with Gasteiger partial charge in [-0.1, -0.05) is 41.4 Å². The predicted molar refractivity (Wildman–Crippen MR) is 158 cm³/mol. The van der Waals surface area contributed by atoms with Crippen molar-refractivity contribution >= 4 is 57.8 Å². The Hall–Kier alpha value is -3.43. The van der Waals surface area contributed by atoms with Crippen LogP contribution in [-0.4, -0.2) is 42.1 Å². The number of benzene rings is 3. The third kappa shape index (κ3) is 6.78. The summed E-state index contributed by atoms with van der Waals surface area (Å²) in [5.74, 6) is -0.0865. The van der Waals surface area contributed by atoms with Gasteiger partial charge in [-0.25, -0.2) is 4.39 Å². The van der Waals surface area contributed by atoms with Crippen molar-refractivity contribution in [3.05, 3.63) is 106 Å². The molecule has 0 radical (unpaired) electrons. The third-order valence-electron chi connectivity index (χ3n) is 6.47. The molecular formula is C29H25Cl2FN4O2S. The Bertz CT molecular complexity index is 1490. The number of halogens is 3. The number of nitrogens with one attached hydrogen (secondary N) is 2. The standard InChI is InChI=1S/C29H25Cl2FN4O2S/c30-20-5-10-23(24(31)17-20)26-11-12-27(38-26)28(37)34-29(39)33-21-6-8-22(9-7-21)36-15-13-35(14-16-36)18-19-3-1-2-4-25(19)32/h1-12,17H,13-16,18H2,(H2,33,34,37,39). The van der Waals surface area contributed by atoms with Crippen LogP contribution in [0, 0.1) is 5.82 Å². The quantitative estimate of drug-likeness (QED) is 0.243. The maximum Gasteiger partial charge on any atom is 0.293 e. The van der Waals surface area contributed by atoms with Crippen molar-refractivity contribution in [2.45, 2.75) is 6.54 Å². The summed E-state index contributed by atoms with van der Waals surface area (Å²) in [6, 6.07) is 23.0. The molecular weight excluding hydrogens is 558 g/mol. The molecule has 6 nitrogen and oxygen atoms in total. The first-order valence-corrected chi connectivity index (χ1v) is 13.5. The van der Waals surface area contributed by atoms with Gasteiger partial charge in [0.05, 0.1) is 5.02 Å². The first kappa shape index (κ1) is 27.1. The van der Waals surface area contributed by atoms with Crippen LogP contribution in [0.25, 0.3) is 11.3 Å². The number of hydrogen-bond donors (Lipinski definition) is 2. The van der Waals surface area contributed by atoms with Gasteiger partial charge in [0.15, 0.2) is 10.9 Å². The van der Waals surface area contributed by atoms with Crippen LogP contribution < -0.4 is 15.5 Å². The lowest BCUT2D eigenvalue weighted by Gasteiger charge is -2.36. The van der Waals surface area contributed by atoms with E-state index in [1.54, 1.807) is 36.4 Å². The smallest absolute Gasteiger partial charge is 0.293 e. The Morgan fingerprint density at radius 1 is 0.949 bits per heavy atom. The highest BCUT2D eigenvalue weighted by molar-refractivity contribution is 7.80. The second-order valence-electron chi connectivity index (χ2n) is 9.10. The lowest BCUT2D eigenvalue weighted by Crippen LogP contribution is -2.46. The zero-order valence-electron chi connectivity index (χ0n) is 20.8. The van der Waals surface area contributed by atoms with E-state index in [0.29, 0.717) is 27.9 Å². The van der Waals surface area contributed by atoms with E-state index in [1.807, 2.05) is 36.4 Å². The number of hydrogen-bond acceptors (Lipinski definition) is 5. The number of furan rings is 1. The summed E-state index contributed by atoms with van der Waals surface area (Å²) in [4.78, 5) is 17.2. The Morgan fingerprint density at radius 2 is 1.69 bits per heavy atom. The molecule has 2 N–H and O–H groups in total. The molecule has 1 aromatic heterocycles. The summed E-state index contributed by atoms with van der Waals surface area (Å²) < 4.78 is 19.7. The highest BCUT2D eigenvalue weighted by Gasteiger charge is 2.19. The van der Waals surface area contributed by atoms with Gasteiger partial charge in [0.1, 0.15) is 11.6 Å². The first-order chi connectivity index (χ1) is 18.9. The molecule has 1 fully saturated rings. The second kappa shape index (κ2) is 12.2. The monoisotopic (exact) mass is 582 g/mol. The normalized spacial score (nSPS) is 13.8. The summed E-state index contributed by atoms with van der Waals surface area (Å²) in [7, 11) is 0. The minimum Gasteiger partial charge on any atom is -0.451 e. The molecule has 2 heterocycles. The van der Waals surface area contributed by atoms with Gasteiger partial charge in [-0.05, 0) is 72.9 Å². The highest BCUT2D eigenvalue weighted by atomic mass is 35.5. The predicted octanol–water partition coefficient (Wildman–Crippen LogP) is 6.84. The maximum atomic E-state index is 14.0. The number of nitrogens with zero attached hydrogens (tertiary/aromatic N) is 2. The minimum atomic E-state index is -0.478. The van der Waals surface area contributed by atoms with Crippen LogP contribution in [0.2, 0.25) is 10.0 Å². The van der Waals surface area contributed by atoms with Crippen molar-refractivity contribution in [3.8, 4) is 11.3 Å². The molecule has 0 spiro atoms. The molecule has 5 rings (SSSR count). The van der Waals surface area contributed by atoms with Crippen LogP contribution in [0.1, 0.15) is 16.1 Å². The fourth-order valence-corrected chi connectivity index (χ4v) is 5.12. The van der Waals surface area contributed by atoms with Gasteiger partial charge in [0.25, 0.3) is 5.91 Å². The van der Waals surface area contributed by atoms with E-state index in [0.717, 1.165) is 43.1 Å².